The molecule has 8 heteroatoms. The third-order valence-electron chi connectivity index (χ3n) is 4.20. The minimum absolute atomic E-state index is 0.228. The van der Waals surface area contributed by atoms with Crippen LogP contribution in [0, 0.1) is 0 Å². The Morgan fingerprint density at radius 3 is 2.77 bits per heavy atom. The van der Waals surface area contributed by atoms with E-state index in [1.54, 1.807) is 18.6 Å². The van der Waals surface area contributed by atoms with Gasteiger partial charge in [-0.05, 0) is 25.0 Å². The summed E-state index contributed by atoms with van der Waals surface area (Å²) in [4.78, 5) is 32.5. The number of nitrogens with one attached hydrogen (secondary N) is 1. The maximum Gasteiger partial charge on any atom is 0.255 e. The van der Waals surface area contributed by atoms with E-state index in [1.165, 1.54) is 11.3 Å². The van der Waals surface area contributed by atoms with Crippen LogP contribution in [0.15, 0.2) is 42.2 Å². The van der Waals surface area contributed by atoms with E-state index in [4.69, 9.17) is 0 Å². The number of pyridine rings is 1. The molecule has 0 radical (unpaired) electrons. The summed E-state index contributed by atoms with van der Waals surface area (Å²) in [5.74, 6) is 0.424. The Hall–Kier alpha value is -2.87. The van der Waals surface area contributed by atoms with Crippen LogP contribution in [0.2, 0.25) is 0 Å². The predicted molar refractivity (Wildman–Crippen MR) is 100.0 cm³/mol. The molecule has 0 unspecified atom stereocenters. The Morgan fingerprint density at radius 1 is 1.15 bits per heavy atom. The van der Waals surface area contributed by atoms with Crippen molar-refractivity contribution in [3.8, 4) is 11.4 Å². The molecule has 3 aromatic heterocycles. The molecule has 0 atom stereocenters. The summed E-state index contributed by atoms with van der Waals surface area (Å²) in [5, 5.41) is 5.63. The Labute approximate surface area is 155 Å². The van der Waals surface area contributed by atoms with Crippen molar-refractivity contribution in [2.24, 2.45) is 0 Å². The maximum absolute atomic E-state index is 12.7. The number of anilines is 1. The zero-order chi connectivity index (χ0) is 17.8. The molecule has 0 spiro atoms. The van der Waals surface area contributed by atoms with Crippen molar-refractivity contribution in [2.45, 2.75) is 19.4 Å². The molecule has 0 aromatic carbocycles. The Kier molecular flexibility index (Phi) is 4.83. The van der Waals surface area contributed by atoms with Gasteiger partial charge in [-0.25, -0.2) is 15.0 Å². The fraction of sp³-hybridized carbons (Fsp3) is 0.278. The molecule has 0 aliphatic carbocycles. The average Bonchev–Trinajstić information content (AvgIpc) is 3.40. The Bertz CT molecular complexity index is 878. The lowest BCUT2D eigenvalue weighted by Gasteiger charge is -2.17. The maximum atomic E-state index is 12.7. The Morgan fingerprint density at radius 2 is 2.04 bits per heavy atom. The van der Waals surface area contributed by atoms with Crippen molar-refractivity contribution in [3.05, 3.63) is 52.7 Å². The smallest absolute Gasteiger partial charge is 0.255 e. The van der Waals surface area contributed by atoms with Crippen LogP contribution < -0.4 is 10.2 Å². The van der Waals surface area contributed by atoms with Crippen LogP contribution in [0.5, 0.6) is 0 Å². The quantitative estimate of drug-likeness (QED) is 0.747. The highest BCUT2D eigenvalue weighted by atomic mass is 32.1. The predicted octanol–water partition coefficient (Wildman–Crippen LogP) is 2.53. The van der Waals surface area contributed by atoms with Crippen LogP contribution in [0.25, 0.3) is 11.4 Å². The van der Waals surface area contributed by atoms with Crippen molar-refractivity contribution < 1.29 is 4.79 Å². The van der Waals surface area contributed by atoms with Gasteiger partial charge in [-0.1, -0.05) is 6.07 Å². The van der Waals surface area contributed by atoms with Gasteiger partial charge in [0.05, 0.1) is 17.8 Å². The lowest BCUT2D eigenvalue weighted by atomic mass is 10.1. The van der Waals surface area contributed by atoms with Gasteiger partial charge in [0, 0.05) is 37.1 Å². The molecule has 4 rings (SSSR count). The first-order valence-corrected chi connectivity index (χ1v) is 9.39. The van der Waals surface area contributed by atoms with Crippen LogP contribution in [0.3, 0.4) is 0 Å². The van der Waals surface area contributed by atoms with E-state index in [0.717, 1.165) is 30.9 Å². The van der Waals surface area contributed by atoms with Gasteiger partial charge in [-0.3, -0.25) is 9.78 Å². The summed E-state index contributed by atoms with van der Waals surface area (Å²) in [6, 6.07) is 5.58. The monoisotopic (exact) mass is 366 g/mol. The molecule has 1 fully saturated rings. The highest BCUT2D eigenvalue weighted by molar-refractivity contribution is 7.09. The van der Waals surface area contributed by atoms with Gasteiger partial charge < -0.3 is 10.2 Å². The number of aromatic nitrogens is 4. The van der Waals surface area contributed by atoms with Gasteiger partial charge >= 0.3 is 0 Å². The number of hydrogen-bond acceptors (Lipinski definition) is 7. The topological polar surface area (TPSA) is 83.9 Å². The molecule has 1 N–H and O–H groups in total. The number of thiazole rings is 1. The molecular formula is C18H18N6OS. The molecule has 4 heterocycles. The van der Waals surface area contributed by atoms with Crippen molar-refractivity contribution >= 4 is 23.2 Å². The molecule has 3 aromatic rings. The van der Waals surface area contributed by atoms with Gasteiger partial charge in [-0.15, -0.1) is 11.3 Å². The van der Waals surface area contributed by atoms with E-state index in [2.05, 4.69) is 30.2 Å². The van der Waals surface area contributed by atoms with Gasteiger partial charge in [-0.2, -0.15) is 0 Å². The number of rotatable bonds is 5. The minimum atomic E-state index is -0.228. The van der Waals surface area contributed by atoms with Crippen molar-refractivity contribution in [1.82, 2.24) is 25.3 Å². The van der Waals surface area contributed by atoms with E-state index in [0.29, 0.717) is 29.4 Å². The van der Waals surface area contributed by atoms with Crippen molar-refractivity contribution in [1.29, 1.82) is 0 Å². The summed E-state index contributed by atoms with van der Waals surface area (Å²) >= 11 is 1.50. The summed E-state index contributed by atoms with van der Waals surface area (Å²) in [6.45, 7) is 2.26. The third kappa shape index (κ3) is 3.55. The molecule has 26 heavy (non-hydrogen) atoms. The number of carbonyl (C=O) groups is 1. The molecule has 1 saturated heterocycles. The molecular weight excluding hydrogens is 348 g/mol. The van der Waals surface area contributed by atoms with Crippen LogP contribution in [-0.4, -0.2) is 38.9 Å². The number of amides is 1. The second-order valence-electron chi connectivity index (χ2n) is 5.95. The minimum Gasteiger partial charge on any atom is -0.345 e. The molecule has 132 valence electrons. The van der Waals surface area contributed by atoms with E-state index in [-0.39, 0.29) is 5.91 Å². The normalized spacial score (nSPS) is 13.8. The second kappa shape index (κ2) is 7.57. The SMILES string of the molecule is O=C(NCc1nccs1)c1cnc(N2CCCC2)nc1-c1ccccn1. The zero-order valence-electron chi connectivity index (χ0n) is 14.1. The van der Waals surface area contributed by atoms with Crippen molar-refractivity contribution in [2.75, 3.05) is 18.0 Å². The van der Waals surface area contributed by atoms with E-state index >= 15 is 0 Å². The first-order chi connectivity index (χ1) is 12.8. The van der Waals surface area contributed by atoms with Gasteiger partial charge in [0.1, 0.15) is 10.7 Å². The highest BCUT2D eigenvalue weighted by Crippen LogP contribution is 2.23. The average molecular weight is 366 g/mol. The number of hydrogen-bond donors (Lipinski definition) is 1. The van der Waals surface area contributed by atoms with Crippen LogP contribution in [0.1, 0.15) is 28.2 Å². The van der Waals surface area contributed by atoms with Gasteiger partial charge in [0.2, 0.25) is 5.95 Å². The summed E-state index contributed by atoms with van der Waals surface area (Å²) in [6.07, 6.45) is 7.29. The van der Waals surface area contributed by atoms with E-state index in [1.807, 2.05) is 23.6 Å². The molecule has 0 bridgehead atoms. The zero-order valence-corrected chi connectivity index (χ0v) is 14.9. The Balaban J connectivity index is 1.65. The molecule has 1 aliphatic heterocycles. The fourth-order valence-corrected chi connectivity index (χ4v) is 3.45. The highest BCUT2D eigenvalue weighted by Gasteiger charge is 2.21. The molecule has 0 saturated carbocycles. The van der Waals surface area contributed by atoms with Gasteiger partial charge in [0.25, 0.3) is 5.91 Å². The number of nitrogens with zero attached hydrogens (tertiary/aromatic N) is 5. The van der Waals surface area contributed by atoms with Crippen LogP contribution in [-0.2, 0) is 6.54 Å². The largest absolute Gasteiger partial charge is 0.345 e. The third-order valence-corrected chi connectivity index (χ3v) is 4.98. The summed E-state index contributed by atoms with van der Waals surface area (Å²) in [7, 11) is 0. The lowest BCUT2D eigenvalue weighted by Crippen LogP contribution is -2.26. The second-order valence-corrected chi connectivity index (χ2v) is 6.93. The summed E-state index contributed by atoms with van der Waals surface area (Å²) < 4.78 is 0. The first kappa shape index (κ1) is 16.6. The van der Waals surface area contributed by atoms with Crippen LogP contribution in [0.4, 0.5) is 5.95 Å². The fourth-order valence-electron chi connectivity index (χ4n) is 2.90. The standard InChI is InChI=1S/C18H18N6OS/c25-17(21-12-15-20-7-10-26-15)13-11-22-18(24-8-3-4-9-24)23-16(13)14-5-1-2-6-19-14/h1-2,5-7,10-11H,3-4,8-9,12H2,(H,21,25). The van der Waals surface area contributed by atoms with Gasteiger partial charge in [0.15, 0.2) is 0 Å². The van der Waals surface area contributed by atoms with E-state index < -0.39 is 0 Å². The first-order valence-electron chi connectivity index (χ1n) is 8.51. The molecule has 1 amide bonds. The molecule has 1 aliphatic rings. The molecule has 7 nitrogen and oxygen atoms in total. The van der Waals surface area contributed by atoms with Crippen LogP contribution >= 0.6 is 11.3 Å². The summed E-state index contributed by atoms with van der Waals surface area (Å²) in [5.41, 5.74) is 1.64. The van der Waals surface area contributed by atoms with E-state index in [9.17, 15) is 4.79 Å². The van der Waals surface area contributed by atoms with Crippen molar-refractivity contribution in [3.63, 3.8) is 0 Å². The lowest BCUT2D eigenvalue weighted by molar-refractivity contribution is 0.0951. The number of carbonyl (C=O) groups excluding carboxylic acids is 1.